The smallest absolute Gasteiger partial charge is 0.478 e. The number of esters is 5. The second-order valence-corrected chi connectivity index (χ2v) is 33.1. The molecule has 15 aromatic rings. The number of aromatic carboxylic acids is 1. The third-order valence-corrected chi connectivity index (χ3v) is 20.0. The largest absolute Gasteiger partial charge is 0.494 e. The lowest BCUT2D eigenvalue weighted by molar-refractivity contribution is -0.403. The molecule has 0 radical (unpaired) electrons. The van der Waals surface area contributed by atoms with Crippen molar-refractivity contribution in [1.82, 2.24) is 48.4 Å². The molecule has 0 spiro atoms. The summed E-state index contributed by atoms with van der Waals surface area (Å²) in [6, 6.07) is 48.1. The first-order chi connectivity index (χ1) is 64.2. The van der Waals surface area contributed by atoms with Crippen LogP contribution in [0.25, 0.3) is 105 Å². The molecule has 39 nitrogen and oxygen atoms in total. The molecule has 44 heteroatoms. The number of rotatable bonds is 16. The van der Waals surface area contributed by atoms with Crippen molar-refractivity contribution >= 4 is 210 Å². The standard InChI is InChI=1S/C14H14N2O3.C14H12N2O3.C13H12N2O4.C13H16N2O2.C12H10N2O4.C11H8N2O4.C8H6ClN.C4H8N2O2.CCl2O.CH3.Al.ClH.H2N/c2*1-16-9-5-3-4-8(14(18)19-2)11(9)12-10(16)6-7-15-13(12)17;1-14-9(6-7-15(17)18)8-11-10(13(16)19-2)4-3-5-12(11)14;1-15-9(6-7-14)8-11-10(13(16)17-2)4-3-5-12(11)15;1-18-12(15)9-3-2-4-11-10(9)7-8(13-11)5-6-14(16)17;14-11(15)8-2-1-3-10-9(8)6-7(12-10)4-5-13(16)17;9-7-2-1-3-8-6(7)4-5-10-8;1-5(2)3-4-6(7)8;2-1(3)4;;;;/h3-5H,6-7H2,1-2H3,(H,15,17);3-7H,1-2H3,(H,15,17);3-8H,1-2H3;3-5,8H,6-7,14H2,1-2H3;2-7,13H,1H3;1-6,12H,(H,14,15);1-5,10H;3-4H,1-2H3;;1H3;;1H;1H2/q;;;;;;;;;;+2;;-1/p-1/b;;7-6+;;6-5+;5-4+;;4-3+;;;;;. The van der Waals surface area contributed by atoms with Crippen molar-refractivity contribution in [2.45, 2.75) is 18.6 Å². The van der Waals surface area contributed by atoms with Gasteiger partial charge in [0.1, 0.15) is 0 Å². The number of carbonyl (C=O) groups excluding carboxylic acids is 7. The summed E-state index contributed by atoms with van der Waals surface area (Å²) >= 11 is 13.5. The molecule has 704 valence electrons. The van der Waals surface area contributed by atoms with Gasteiger partial charge in [0.25, 0.3) is 11.5 Å². The molecule has 0 aliphatic carbocycles. The predicted octanol–water partition coefficient (Wildman–Crippen LogP) is 16.1. The molecule has 1 amide bonds. The number of carbonyl (C=O) groups is 8. The minimum atomic E-state index is -1.17. The maximum absolute atomic E-state index is 12.1. The van der Waals surface area contributed by atoms with E-state index in [0.29, 0.717) is 101 Å². The van der Waals surface area contributed by atoms with Crippen LogP contribution in [-0.4, -0.2) is 191 Å². The number of benzene rings is 7. The van der Waals surface area contributed by atoms with Crippen molar-refractivity contribution in [1.29, 1.82) is 0 Å². The van der Waals surface area contributed by atoms with E-state index in [1.807, 2.05) is 109 Å². The van der Waals surface area contributed by atoms with Gasteiger partial charge in [-0.15, -0.1) is 0 Å². The number of nitrogens with zero attached hydrogens (tertiary/aromatic N) is 9. The Morgan fingerprint density at radius 1 is 0.496 bits per heavy atom. The summed E-state index contributed by atoms with van der Waals surface area (Å²) in [5.41, 5.74) is 19.0. The molecular formula is C91H91AlCl4N16O23. The number of aromatic nitrogens is 8. The van der Waals surface area contributed by atoms with Crippen LogP contribution < -0.4 is 21.3 Å². The predicted molar refractivity (Wildman–Crippen MR) is 519 cm³/mol. The van der Waals surface area contributed by atoms with Gasteiger partial charge in [0.2, 0.25) is 24.8 Å². The fourth-order valence-electron chi connectivity index (χ4n) is 13.8. The first-order valence-electron chi connectivity index (χ1n) is 39.8. The number of pyridine rings is 1. The first kappa shape index (κ1) is 107. The van der Waals surface area contributed by atoms with Crippen molar-refractivity contribution in [2.75, 3.05) is 62.7 Å². The number of H-pyrrole nitrogens is 4. The number of fused-ring (bicyclic) bond motifs is 11. The maximum Gasteiger partial charge on any atom is 0.494 e. The molecule has 0 unspecified atom stereocenters. The molecule has 0 saturated carbocycles. The Morgan fingerprint density at radius 3 is 1.36 bits per heavy atom. The van der Waals surface area contributed by atoms with Crippen LogP contribution in [0.5, 0.6) is 0 Å². The summed E-state index contributed by atoms with van der Waals surface area (Å²) in [6.07, 6.45) is 13.8. The number of nitro groups is 4. The summed E-state index contributed by atoms with van der Waals surface area (Å²) in [4.78, 5) is 154. The Bertz CT molecular complexity index is 7110. The number of carboxylic acid groups (broad SMARTS) is 1. The third-order valence-electron chi connectivity index (χ3n) is 19.7. The van der Waals surface area contributed by atoms with Crippen LogP contribution in [0.3, 0.4) is 0 Å². The van der Waals surface area contributed by atoms with E-state index in [1.54, 1.807) is 128 Å². The van der Waals surface area contributed by atoms with Gasteiger partial charge in [0.05, 0.1) is 111 Å². The number of ether oxygens (including phenoxy) is 5. The highest BCUT2D eigenvalue weighted by Gasteiger charge is 2.29. The van der Waals surface area contributed by atoms with Crippen LogP contribution in [0.4, 0.5) is 4.79 Å². The van der Waals surface area contributed by atoms with E-state index in [1.165, 1.54) is 66.0 Å². The molecule has 0 atom stereocenters. The Labute approximate surface area is 791 Å². The second-order valence-electron chi connectivity index (χ2n) is 28.4. The highest BCUT2D eigenvalue weighted by Crippen LogP contribution is 2.34. The monoisotopic (exact) mass is 1940 g/mol. The summed E-state index contributed by atoms with van der Waals surface area (Å²) in [5.74, 6) is -1.34. The van der Waals surface area contributed by atoms with Crippen molar-refractivity contribution in [3.8, 4) is 0 Å². The number of carboxylic acids is 1. The molecular weight excluding hydrogens is 1850 g/mol. The number of aryl methyl sites for hydroxylation is 4. The van der Waals surface area contributed by atoms with E-state index >= 15 is 0 Å². The van der Waals surface area contributed by atoms with Crippen LogP contribution in [0.2, 0.25) is 10.8 Å². The van der Waals surface area contributed by atoms with E-state index in [2.05, 4.69) is 57.8 Å². The molecule has 8 aromatic heterocycles. The lowest BCUT2D eigenvalue weighted by Gasteiger charge is -2.14. The minimum absolute atomic E-state index is 0.122. The van der Waals surface area contributed by atoms with Gasteiger partial charge in [-0.25, -0.2) is 38.8 Å². The van der Waals surface area contributed by atoms with E-state index < -0.39 is 67.7 Å². The van der Waals surface area contributed by atoms with Crippen LogP contribution in [0.15, 0.2) is 212 Å². The lowest BCUT2D eigenvalue weighted by atomic mass is 10.0. The lowest BCUT2D eigenvalue weighted by Crippen LogP contribution is -2.32. The fraction of sp³-hybridized carbons (Fsp3) is 0.176. The van der Waals surface area contributed by atoms with Crippen molar-refractivity contribution in [3.63, 3.8) is 0 Å². The van der Waals surface area contributed by atoms with E-state index in [9.17, 15) is 78.8 Å². The average Bonchev–Trinajstić information content (AvgIpc) is 1.59. The number of aromatic amines is 4. The van der Waals surface area contributed by atoms with Crippen LogP contribution in [0.1, 0.15) is 101 Å². The van der Waals surface area contributed by atoms with E-state index in [4.69, 9.17) is 60.9 Å². The van der Waals surface area contributed by atoms with Gasteiger partial charge in [0, 0.05) is 196 Å². The quantitative estimate of drug-likeness (QED) is 0.0111. The molecule has 10 N–H and O–H groups in total. The highest BCUT2D eigenvalue weighted by molar-refractivity contribution is 7.04. The van der Waals surface area contributed by atoms with Crippen molar-refractivity contribution in [3.05, 3.63) is 330 Å². The molecule has 1 aliphatic heterocycles. The zero-order chi connectivity index (χ0) is 99.8. The Kier molecular flexibility index (Phi) is 40.0. The number of halogens is 4. The maximum atomic E-state index is 12.1. The van der Waals surface area contributed by atoms with Crippen LogP contribution in [-0.2, 0) is 64.7 Å². The molecule has 9 heterocycles. The third kappa shape index (κ3) is 28.5. The molecule has 16 rings (SSSR count). The van der Waals surface area contributed by atoms with Crippen molar-refractivity contribution in [2.24, 2.45) is 38.6 Å². The number of nitrogens with two attached hydrogens (primary N) is 2. The Balaban J connectivity index is 0.000000210. The van der Waals surface area contributed by atoms with E-state index in [0.717, 1.165) is 103 Å². The number of nitrogens with one attached hydrogen (secondary N) is 5. The normalized spacial score (nSPS) is 11.1. The molecule has 135 heavy (non-hydrogen) atoms. The molecule has 1 aliphatic rings. The average molecular weight is 1950 g/mol. The van der Waals surface area contributed by atoms with Gasteiger partial charge < -0.3 is 87.7 Å². The van der Waals surface area contributed by atoms with Gasteiger partial charge in [0.15, 0.2) is 0 Å². The highest BCUT2D eigenvalue weighted by atomic mass is 35.6. The molecule has 0 saturated heterocycles. The second kappa shape index (κ2) is 50.7. The SMILES string of the molecule is CN(C)/C=C/[N+](=O)[O-].COC(=O)c1cccc2[nH]c(/C=C/[N+](=O)[O-])cc12.COC(=O)c1cccc2c1c1c(=O)[nH]ccc1n2C.COC(=O)c1cccc2c1c1c(n2C)CCNC1=O.COC(=O)c1cccc2c1cc(/C=C/[N+](=O)[O-])n2C.COC(=O)c1cccc2c1cc(CCN)n2C.Clc1cccc2[nH]ccc12.O=C(Cl)Cl.O=C(O)c1cccc2[nH]c(/C=C/[N+](=O)[O-])cc12.[CH3][Al]([NH2])[Cl]. The van der Waals surface area contributed by atoms with E-state index in [-0.39, 0.29) is 23.0 Å². The zero-order valence-electron chi connectivity index (χ0n) is 74.4. The zero-order valence-corrected chi connectivity index (χ0v) is 78.6. The molecule has 7 aromatic carbocycles. The van der Waals surface area contributed by atoms with Crippen LogP contribution >= 0.6 is 44.9 Å². The van der Waals surface area contributed by atoms with Gasteiger partial charge in [-0.2, -0.15) is 0 Å². The number of methoxy groups -OCH3 is 5. The Hall–Kier alpha value is -15.5. The van der Waals surface area contributed by atoms with Gasteiger partial charge in [-0.3, -0.25) is 54.8 Å². The number of hydrogen-bond donors (Lipinski definition) is 8. The van der Waals surface area contributed by atoms with Gasteiger partial charge in [-0.05, 0) is 157 Å². The van der Waals surface area contributed by atoms with Gasteiger partial charge >= 0.3 is 54.0 Å². The minimum Gasteiger partial charge on any atom is -0.478 e. The summed E-state index contributed by atoms with van der Waals surface area (Å²) in [5, 5.41) is 58.7. The van der Waals surface area contributed by atoms with Crippen molar-refractivity contribution < 1.29 is 86.8 Å². The fourth-order valence-corrected chi connectivity index (χ4v) is 14.0. The summed E-state index contributed by atoms with van der Waals surface area (Å²) in [7, 11) is 22.9. The topological polar surface area (TPSA) is 543 Å². The first-order valence-corrected chi connectivity index (χ1v) is 44.5. The molecule has 0 fully saturated rings. The van der Waals surface area contributed by atoms with Gasteiger partial charge in [-0.1, -0.05) is 59.9 Å². The van der Waals surface area contributed by atoms with Crippen LogP contribution in [0, 0.1) is 40.5 Å². The summed E-state index contributed by atoms with van der Waals surface area (Å²) in [6.45, 7) is 1.22. The summed E-state index contributed by atoms with van der Waals surface area (Å²) < 4.78 is 35.6. The molecule has 0 bridgehead atoms. The number of hydrogen-bond acceptors (Lipinski definition) is 25. The number of amides is 1. The Morgan fingerprint density at radius 2 is 0.896 bits per heavy atom.